The highest BCUT2D eigenvalue weighted by Gasteiger charge is 2.15. The zero-order valence-corrected chi connectivity index (χ0v) is 13.1. The fraction of sp³-hybridized carbons (Fsp3) is 0.545. The van der Waals surface area contributed by atoms with Crippen molar-refractivity contribution in [2.75, 3.05) is 30.4 Å². The molecule has 0 bridgehead atoms. The third kappa shape index (κ3) is 5.85. The molecular weight excluding hydrogens is 302 g/mol. The van der Waals surface area contributed by atoms with E-state index in [-0.39, 0.29) is 17.2 Å². The SMILES string of the molecule is CCCNc1ccc(S(=O)(=O)NCCS(C)(=O)=O)cn1. The number of aromatic nitrogens is 1. The third-order valence-corrected chi connectivity index (χ3v) is 4.76. The minimum Gasteiger partial charge on any atom is -0.370 e. The van der Waals surface area contributed by atoms with Crippen LogP contribution in [0.15, 0.2) is 23.2 Å². The molecule has 0 radical (unpaired) electrons. The molecule has 0 saturated carbocycles. The zero-order valence-electron chi connectivity index (χ0n) is 11.5. The van der Waals surface area contributed by atoms with Gasteiger partial charge >= 0.3 is 0 Å². The summed E-state index contributed by atoms with van der Waals surface area (Å²) in [6, 6.07) is 2.99. The maximum atomic E-state index is 11.9. The van der Waals surface area contributed by atoms with E-state index >= 15 is 0 Å². The first-order valence-electron chi connectivity index (χ1n) is 6.12. The first-order chi connectivity index (χ1) is 9.24. The van der Waals surface area contributed by atoms with Crippen LogP contribution in [-0.2, 0) is 19.9 Å². The van der Waals surface area contributed by atoms with Crippen molar-refractivity contribution in [3.63, 3.8) is 0 Å². The molecule has 1 rings (SSSR count). The molecule has 1 heterocycles. The third-order valence-electron chi connectivity index (χ3n) is 2.37. The second kappa shape index (κ2) is 7.00. The van der Waals surface area contributed by atoms with Gasteiger partial charge in [0.1, 0.15) is 20.6 Å². The summed E-state index contributed by atoms with van der Waals surface area (Å²) in [5.41, 5.74) is 0. The van der Waals surface area contributed by atoms with Gasteiger partial charge in [-0.25, -0.2) is 26.5 Å². The van der Waals surface area contributed by atoms with Gasteiger partial charge < -0.3 is 5.32 Å². The predicted octanol–water partition coefficient (Wildman–Crippen LogP) is 0.226. The Morgan fingerprint density at radius 2 is 1.85 bits per heavy atom. The first-order valence-corrected chi connectivity index (χ1v) is 9.66. The number of hydrogen-bond donors (Lipinski definition) is 2. The van der Waals surface area contributed by atoms with Crippen molar-refractivity contribution in [3.05, 3.63) is 18.3 Å². The van der Waals surface area contributed by atoms with Crippen molar-refractivity contribution in [2.24, 2.45) is 0 Å². The van der Waals surface area contributed by atoms with Gasteiger partial charge in [-0.1, -0.05) is 6.92 Å². The van der Waals surface area contributed by atoms with E-state index in [2.05, 4.69) is 15.0 Å². The molecule has 1 aromatic rings. The van der Waals surface area contributed by atoms with E-state index in [0.717, 1.165) is 19.2 Å². The van der Waals surface area contributed by atoms with Gasteiger partial charge in [0.25, 0.3) is 0 Å². The van der Waals surface area contributed by atoms with Gasteiger partial charge in [0.2, 0.25) is 10.0 Å². The Bertz CT molecular complexity index is 624. The number of pyridine rings is 1. The van der Waals surface area contributed by atoms with Crippen LogP contribution < -0.4 is 10.0 Å². The van der Waals surface area contributed by atoms with Gasteiger partial charge in [0.15, 0.2) is 0 Å². The van der Waals surface area contributed by atoms with Gasteiger partial charge in [-0.3, -0.25) is 0 Å². The van der Waals surface area contributed by atoms with Crippen molar-refractivity contribution in [1.82, 2.24) is 9.71 Å². The molecular formula is C11H19N3O4S2. The molecule has 0 aliphatic rings. The van der Waals surface area contributed by atoms with E-state index < -0.39 is 19.9 Å². The highest BCUT2D eigenvalue weighted by atomic mass is 32.2. The van der Waals surface area contributed by atoms with Crippen LogP contribution in [0.5, 0.6) is 0 Å². The average molecular weight is 321 g/mol. The van der Waals surface area contributed by atoms with Crippen LogP contribution in [0.25, 0.3) is 0 Å². The Hall–Kier alpha value is -1.19. The fourth-order valence-corrected chi connectivity index (χ4v) is 2.92. The lowest BCUT2D eigenvalue weighted by atomic mass is 10.4. The van der Waals surface area contributed by atoms with E-state index in [4.69, 9.17) is 0 Å². The number of nitrogens with zero attached hydrogens (tertiary/aromatic N) is 1. The molecule has 114 valence electrons. The van der Waals surface area contributed by atoms with Crippen LogP contribution in [0.2, 0.25) is 0 Å². The topological polar surface area (TPSA) is 105 Å². The second-order valence-electron chi connectivity index (χ2n) is 4.33. The number of rotatable bonds is 8. The van der Waals surface area contributed by atoms with E-state index in [0.29, 0.717) is 5.82 Å². The van der Waals surface area contributed by atoms with Crippen molar-refractivity contribution in [1.29, 1.82) is 0 Å². The minimum atomic E-state index is -3.72. The maximum Gasteiger partial charge on any atom is 0.242 e. The van der Waals surface area contributed by atoms with Crippen molar-refractivity contribution >= 4 is 25.7 Å². The second-order valence-corrected chi connectivity index (χ2v) is 8.36. The molecule has 0 amide bonds. The zero-order chi connectivity index (χ0) is 15.2. The number of anilines is 1. The molecule has 0 aliphatic carbocycles. The van der Waals surface area contributed by atoms with Crippen LogP contribution in [0.1, 0.15) is 13.3 Å². The molecule has 0 aliphatic heterocycles. The predicted molar refractivity (Wildman–Crippen MR) is 77.9 cm³/mol. The average Bonchev–Trinajstić information content (AvgIpc) is 2.35. The lowest BCUT2D eigenvalue weighted by Gasteiger charge is -2.07. The normalized spacial score (nSPS) is 12.3. The summed E-state index contributed by atoms with van der Waals surface area (Å²) < 4.78 is 47.9. The van der Waals surface area contributed by atoms with Crippen molar-refractivity contribution in [2.45, 2.75) is 18.2 Å². The quantitative estimate of drug-likeness (QED) is 0.710. The van der Waals surface area contributed by atoms with Gasteiger partial charge in [0, 0.05) is 25.5 Å². The molecule has 0 spiro atoms. The molecule has 0 saturated heterocycles. The van der Waals surface area contributed by atoms with Crippen molar-refractivity contribution < 1.29 is 16.8 Å². The van der Waals surface area contributed by atoms with Crippen LogP contribution in [0.3, 0.4) is 0 Å². The molecule has 20 heavy (non-hydrogen) atoms. The summed E-state index contributed by atoms with van der Waals surface area (Å²) in [4.78, 5) is 4.00. The largest absolute Gasteiger partial charge is 0.370 e. The fourth-order valence-electron chi connectivity index (χ4n) is 1.34. The van der Waals surface area contributed by atoms with Crippen LogP contribution >= 0.6 is 0 Å². The summed E-state index contributed by atoms with van der Waals surface area (Å²) in [7, 11) is -6.92. The molecule has 9 heteroatoms. The maximum absolute atomic E-state index is 11.9. The summed E-state index contributed by atoms with van der Waals surface area (Å²) >= 11 is 0. The molecule has 0 unspecified atom stereocenters. The highest BCUT2D eigenvalue weighted by molar-refractivity contribution is 7.91. The van der Waals surface area contributed by atoms with Gasteiger partial charge in [-0.05, 0) is 18.6 Å². The Morgan fingerprint density at radius 3 is 2.35 bits per heavy atom. The minimum absolute atomic E-state index is 0.00745. The monoisotopic (exact) mass is 321 g/mol. The van der Waals surface area contributed by atoms with Crippen molar-refractivity contribution in [3.8, 4) is 0 Å². The Morgan fingerprint density at radius 1 is 1.15 bits per heavy atom. The molecule has 2 N–H and O–H groups in total. The summed E-state index contributed by atoms with van der Waals surface area (Å²) in [6.07, 6.45) is 3.23. The molecule has 0 atom stereocenters. The number of nitrogens with one attached hydrogen (secondary N) is 2. The van der Waals surface area contributed by atoms with Crippen LogP contribution in [0.4, 0.5) is 5.82 Å². The number of sulfone groups is 1. The summed E-state index contributed by atoms with van der Waals surface area (Å²) in [6.45, 7) is 2.61. The standard InChI is InChI=1S/C11H19N3O4S2/c1-3-6-12-11-5-4-10(9-13-11)20(17,18)14-7-8-19(2,15)16/h4-5,9,14H,3,6-8H2,1-2H3,(H,12,13). The number of hydrogen-bond acceptors (Lipinski definition) is 6. The van der Waals surface area contributed by atoms with E-state index in [1.54, 1.807) is 6.07 Å². The molecule has 0 fully saturated rings. The summed E-state index contributed by atoms with van der Waals surface area (Å²) in [5.74, 6) is 0.359. The number of sulfonamides is 1. The molecule has 7 nitrogen and oxygen atoms in total. The van der Waals surface area contributed by atoms with Gasteiger partial charge in [0.05, 0.1) is 5.75 Å². The van der Waals surface area contributed by atoms with Crippen LogP contribution in [0, 0.1) is 0 Å². The van der Waals surface area contributed by atoms with Crippen LogP contribution in [-0.4, -0.2) is 46.9 Å². The molecule has 0 aromatic carbocycles. The first kappa shape index (κ1) is 16.9. The summed E-state index contributed by atoms with van der Waals surface area (Å²) in [5, 5.41) is 3.03. The van der Waals surface area contributed by atoms with Gasteiger partial charge in [-0.2, -0.15) is 0 Å². The van der Waals surface area contributed by atoms with E-state index in [9.17, 15) is 16.8 Å². The Kier molecular flexibility index (Phi) is 5.90. The van der Waals surface area contributed by atoms with E-state index in [1.807, 2.05) is 6.92 Å². The smallest absolute Gasteiger partial charge is 0.242 e. The van der Waals surface area contributed by atoms with E-state index in [1.165, 1.54) is 12.3 Å². The Labute approximate surface area is 119 Å². The Balaban J connectivity index is 2.68. The lowest BCUT2D eigenvalue weighted by molar-refractivity contribution is 0.581. The lowest BCUT2D eigenvalue weighted by Crippen LogP contribution is -2.29. The highest BCUT2D eigenvalue weighted by Crippen LogP contribution is 2.10. The molecule has 1 aromatic heterocycles. The van der Waals surface area contributed by atoms with Gasteiger partial charge in [-0.15, -0.1) is 0 Å².